The van der Waals surface area contributed by atoms with Gasteiger partial charge in [-0.3, -0.25) is 14.5 Å². The number of anilines is 2. The van der Waals surface area contributed by atoms with Crippen LogP contribution in [0.5, 0.6) is 0 Å². The van der Waals surface area contributed by atoms with Gasteiger partial charge in [-0.1, -0.05) is 55.5 Å². The molecule has 0 saturated carbocycles. The molecule has 1 aliphatic rings. The fourth-order valence-corrected chi connectivity index (χ4v) is 3.47. The molecule has 0 bridgehead atoms. The molecule has 0 unspecified atom stereocenters. The van der Waals surface area contributed by atoms with Gasteiger partial charge in [-0.25, -0.2) is 9.98 Å². The minimum Gasteiger partial charge on any atom is -0.324 e. The Morgan fingerprint density at radius 2 is 1.80 bits per heavy atom. The van der Waals surface area contributed by atoms with Crippen molar-refractivity contribution in [2.24, 2.45) is 4.99 Å². The molecule has 150 valence electrons. The van der Waals surface area contributed by atoms with Crippen LogP contribution in [-0.4, -0.2) is 29.1 Å². The Morgan fingerprint density at radius 3 is 2.60 bits per heavy atom. The van der Waals surface area contributed by atoms with Crippen LogP contribution in [-0.2, 0) is 16.0 Å². The Kier molecular flexibility index (Phi) is 5.66. The monoisotopic (exact) mass is 398 g/mol. The van der Waals surface area contributed by atoms with Crippen LogP contribution in [0.2, 0.25) is 0 Å². The summed E-state index contributed by atoms with van der Waals surface area (Å²) in [5, 5.41) is 2.93. The first-order valence-electron chi connectivity index (χ1n) is 9.92. The maximum Gasteiger partial charge on any atom is 0.244 e. The number of amides is 2. The van der Waals surface area contributed by atoms with Gasteiger partial charge in [0.05, 0.1) is 12.1 Å². The van der Waals surface area contributed by atoms with Gasteiger partial charge in [-0.2, -0.15) is 0 Å². The predicted molar refractivity (Wildman–Crippen MR) is 118 cm³/mol. The highest BCUT2D eigenvalue weighted by molar-refractivity contribution is 6.18. The lowest BCUT2D eigenvalue weighted by Gasteiger charge is -2.21. The Balaban J connectivity index is 1.61. The van der Waals surface area contributed by atoms with Crippen molar-refractivity contribution in [3.05, 3.63) is 84.1 Å². The van der Waals surface area contributed by atoms with E-state index in [0.717, 1.165) is 23.2 Å². The maximum atomic E-state index is 13.1. The number of nitrogens with zero attached hydrogens (tertiary/aromatic N) is 3. The quantitative estimate of drug-likeness (QED) is 0.702. The summed E-state index contributed by atoms with van der Waals surface area (Å²) in [6.45, 7) is 1.91. The third-order valence-corrected chi connectivity index (χ3v) is 4.98. The fourth-order valence-electron chi connectivity index (χ4n) is 3.47. The molecule has 30 heavy (non-hydrogen) atoms. The zero-order valence-electron chi connectivity index (χ0n) is 16.7. The average Bonchev–Trinajstić information content (AvgIpc) is 2.91. The number of nitrogens with one attached hydrogen (secondary N) is 1. The Labute approximate surface area is 175 Å². The first-order chi connectivity index (χ1) is 14.7. The summed E-state index contributed by atoms with van der Waals surface area (Å²) in [5.74, 6) is -0.0923. The minimum absolute atomic E-state index is 0.0964. The fraction of sp³-hybridized carbons (Fsp3) is 0.167. The van der Waals surface area contributed by atoms with Gasteiger partial charge in [0.15, 0.2) is 5.82 Å². The van der Waals surface area contributed by atoms with Crippen molar-refractivity contribution >= 4 is 34.7 Å². The molecular formula is C24H22N4O2. The molecular weight excluding hydrogens is 376 g/mol. The molecule has 0 aliphatic carbocycles. The number of aromatic nitrogens is 1. The normalized spacial score (nSPS) is 13.3. The molecule has 6 heteroatoms. The second-order valence-corrected chi connectivity index (χ2v) is 6.99. The molecule has 1 aromatic heterocycles. The number of para-hydroxylation sites is 1. The van der Waals surface area contributed by atoms with Crippen molar-refractivity contribution in [2.75, 3.05) is 16.8 Å². The molecule has 2 amide bonds. The summed E-state index contributed by atoms with van der Waals surface area (Å²) in [6.07, 6.45) is 2.50. The van der Waals surface area contributed by atoms with Crippen LogP contribution in [0.1, 0.15) is 24.5 Å². The van der Waals surface area contributed by atoms with Crippen LogP contribution < -0.4 is 10.2 Å². The van der Waals surface area contributed by atoms with Crippen LogP contribution in [0.4, 0.5) is 17.2 Å². The lowest BCUT2D eigenvalue weighted by atomic mass is 10.1. The highest BCUT2D eigenvalue weighted by Gasteiger charge is 2.27. The minimum atomic E-state index is -0.274. The van der Waals surface area contributed by atoms with E-state index < -0.39 is 0 Å². The number of benzene rings is 2. The summed E-state index contributed by atoms with van der Waals surface area (Å²) >= 11 is 0. The van der Waals surface area contributed by atoms with Gasteiger partial charge in [0, 0.05) is 11.9 Å². The van der Waals surface area contributed by atoms with Crippen LogP contribution >= 0.6 is 0 Å². The van der Waals surface area contributed by atoms with E-state index in [4.69, 9.17) is 0 Å². The van der Waals surface area contributed by atoms with Crippen molar-refractivity contribution in [3.8, 4) is 0 Å². The number of hydrogen-bond acceptors (Lipinski definition) is 4. The van der Waals surface area contributed by atoms with Gasteiger partial charge in [0.1, 0.15) is 12.2 Å². The van der Waals surface area contributed by atoms with E-state index in [-0.39, 0.29) is 24.8 Å². The van der Waals surface area contributed by atoms with Crippen molar-refractivity contribution in [1.29, 1.82) is 0 Å². The number of pyridine rings is 1. The standard InChI is InChI=1S/C24H22N4O2/c1-2-17-9-6-7-12-19(17)27-22(29)16-28-23(30)15-21(18-10-4-3-5-11-18)26-20-13-8-14-25-24(20)28/h3-14H,2,15-16H2,1H3,(H,27,29). The van der Waals surface area contributed by atoms with Crippen molar-refractivity contribution in [1.82, 2.24) is 4.98 Å². The molecule has 0 spiro atoms. The molecule has 4 rings (SSSR count). The lowest BCUT2D eigenvalue weighted by molar-refractivity contribution is -0.120. The molecule has 6 nitrogen and oxygen atoms in total. The zero-order chi connectivity index (χ0) is 20.9. The van der Waals surface area contributed by atoms with Gasteiger partial charge < -0.3 is 5.32 Å². The largest absolute Gasteiger partial charge is 0.324 e. The van der Waals surface area contributed by atoms with Gasteiger partial charge in [-0.15, -0.1) is 0 Å². The predicted octanol–water partition coefficient (Wildman–Crippen LogP) is 4.14. The number of aryl methyl sites for hydroxylation is 1. The van der Waals surface area contributed by atoms with E-state index in [2.05, 4.69) is 15.3 Å². The summed E-state index contributed by atoms with van der Waals surface area (Å²) in [5.41, 5.74) is 3.91. The molecule has 0 saturated heterocycles. The van der Waals surface area contributed by atoms with Gasteiger partial charge in [0.2, 0.25) is 11.8 Å². The van der Waals surface area contributed by atoms with E-state index in [1.807, 2.05) is 61.5 Å². The number of carbonyl (C=O) groups excluding carboxylic acids is 2. The first kappa shape index (κ1) is 19.5. The molecule has 0 atom stereocenters. The number of fused-ring (bicyclic) bond motifs is 1. The van der Waals surface area contributed by atoms with Crippen LogP contribution in [0, 0.1) is 0 Å². The molecule has 2 heterocycles. The highest BCUT2D eigenvalue weighted by atomic mass is 16.2. The van der Waals surface area contributed by atoms with Crippen LogP contribution in [0.3, 0.4) is 0 Å². The molecule has 3 aromatic rings. The maximum absolute atomic E-state index is 13.1. The van der Waals surface area contributed by atoms with Crippen molar-refractivity contribution in [3.63, 3.8) is 0 Å². The van der Waals surface area contributed by atoms with Crippen molar-refractivity contribution < 1.29 is 9.59 Å². The molecule has 0 fully saturated rings. The van der Waals surface area contributed by atoms with Gasteiger partial charge >= 0.3 is 0 Å². The SMILES string of the molecule is CCc1ccccc1NC(=O)CN1C(=O)CC(c2ccccc2)=Nc2cccnc21. The van der Waals surface area contributed by atoms with E-state index in [1.54, 1.807) is 18.3 Å². The van der Waals surface area contributed by atoms with E-state index >= 15 is 0 Å². The zero-order valence-corrected chi connectivity index (χ0v) is 16.7. The van der Waals surface area contributed by atoms with Crippen LogP contribution in [0.15, 0.2) is 77.9 Å². The number of rotatable bonds is 5. The molecule has 0 radical (unpaired) electrons. The number of carbonyl (C=O) groups is 2. The van der Waals surface area contributed by atoms with Gasteiger partial charge in [0.25, 0.3) is 0 Å². The summed E-state index contributed by atoms with van der Waals surface area (Å²) in [4.78, 5) is 36.3. The van der Waals surface area contributed by atoms with E-state index in [1.165, 1.54) is 4.90 Å². The highest BCUT2D eigenvalue weighted by Crippen LogP contribution is 2.30. The molecule has 2 aromatic carbocycles. The molecule has 1 N–H and O–H groups in total. The number of hydrogen-bond donors (Lipinski definition) is 1. The summed E-state index contributed by atoms with van der Waals surface area (Å²) < 4.78 is 0. The van der Waals surface area contributed by atoms with Crippen molar-refractivity contribution in [2.45, 2.75) is 19.8 Å². The second kappa shape index (κ2) is 8.69. The Morgan fingerprint density at radius 1 is 1.03 bits per heavy atom. The van der Waals surface area contributed by atoms with E-state index in [0.29, 0.717) is 17.2 Å². The second-order valence-electron chi connectivity index (χ2n) is 6.99. The third-order valence-electron chi connectivity index (χ3n) is 4.98. The third kappa shape index (κ3) is 4.12. The van der Waals surface area contributed by atoms with Gasteiger partial charge in [-0.05, 0) is 35.7 Å². The van der Waals surface area contributed by atoms with Crippen LogP contribution in [0.25, 0.3) is 0 Å². The van der Waals surface area contributed by atoms with E-state index in [9.17, 15) is 9.59 Å². The number of aliphatic imine (C=N–C) groups is 1. The topological polar surface area (TPSA) is 74.7 Å². The Bertz CT molecular complexity index is 1110. The first-order valence-corrected chi connectivity index (χ1v) is 9.92. The Hall–Kier alpha value is -3.80. The summed E-state index contributed by atoms with van der Waals surface area (Å²) in [7, 11) is 0. The lowest BCUT2D eigenvalue weighted by Crippen LogP contribution is -2.39. The average molecular weight is 398 g/mol. The molecule has 1 aliphatic heterocycles. The summed E-state index contributed by atoms with van der Waals surface area (Å²) in [6, 6.07) is 20.8. The smallest absolute Gasteiger partial charge is 0.244 e.